The zero-order chi connectivity index (χ0) is 31.9. The van der Waals surface area contributed by atoms with Gasteiger partial charge in [0, 0.05) is 0 Å². The lowest BCUT2D eigenvalue weighted by Crippen LogP contribution is -2.35. The van der Waals surface area contributed by atoms with E-state index in [9.17, 15) is 9.59 Å². The first-order valence-corrected chi connectivity index (χ1v) is 14.9. The maximum absolute atomic E-state index is 12.8. The summed E-state index contributed by atoms with van der Waals surface area (Å²) in [7, 11) is 0. The molecule has 4 atom stereocenters. The van der Waals surface area contributed by atoms with Crippen molar-refractivity contribution in [2.45, 2.75) is 38.3 Å². The summed E-state index contributed by atoms with van der Waals surface area (Å²) in [6, 6.07) is 28.1. The molecule has 0 bridgehead atoms. The van der Waals surface area contributed by atoms with E-state index in [1.807, 2.05) is 50.2 Å². The van der Waals surface area contributed by atoms with Gasteiger partial charge in [-0.2, -0.15) is 0 Å². The van der Waals surface area contributed by atoms with E-state index < -0.39 is 30.3 Å². The highest BCUT2D eigenvalue weighted by atomic mass is 16.7. The Bertz CT molecular complexity index is 1600. The summed E-state index contributed by atoms with van der Waals surface area (Å²) in [6.45, 7) is 4.50. The van der Waals surface area contributed by atoms with E-state index in [4.69, 9.17) is 37.9 Å². The third kappa shape index (κ3) is 7.84. The van der Waals surface area contributed by atoms with Crippen LogP contribution in [0.5, 0.6) is 23.0 Å². The summed E-state index contributed by atoms with van der Waals surface area (Å²) in [5, 5.41) is 0. The van der Waals surface area contributed by atoms with Crippen LogP contribution in [0.1, 0.15) is 31.8 Å². The minimum Gasteiger partial charge on any atom is -0.468 e. The lowest BCUT2D eigenvalue weighted by Gasteiger charge is -2.17. The molecule has 0 unspecified atom stereocenters. The van der Waals surface area contributed by atoms with Crippen LogP contribution >= 0.6 is 0 Å². The van der Waals surface area contributed by atoms with Crippen molar-refractivity contribution in [1.82, 2.24) is 0 Å². The number of fused-ring (bicyclic) bond motifs is 1. The van der Waals surface area contributed by atoms with E-state index in [0.717, 1.165) is 16.9 Å². The lowest BCUT2D eigenvalue weighted by atomic mass is 10.1. The van der Waals surface area contributed by atoms with E-state index in [2.05, 4.69) is 0 Å². The Balaban J connectivity index is 0.911. The molecule has 2 aliphatic rings. The highest BCUT2D eigenvalue weighted by Gasteiger charge is 2.50. The molecule has 4 aromatic rings. The summed E-state index contributed by atoms with van der Waals surface area (Å²) in [5.41, 5.74) is 2.96. The van der Waals surface area contributed by atoms with Gasteiger partial charge in [-0.25, -0.2) is 9.59 Å². The first kappa shape index (κ1) is 31.1. The molecule has 238 valence electrons. The predicted octanol–water partition coefficient (Wildman–Crippen LogP) is 5.68. The molecule has 4 aromatic carbocycles. The van der Waals surface area contributed by atoms with E-state index in [1.165, 1.54) is 0 Å². The van der Waals surface area contributed by atoms with Gasteiger partial charge in [-0.1, -0.05) is 35.4 Å². The van der Waals surface area contributed by atoms with Crippen LogP contribution in [0.2, 0.25) is 0 Å². The molecule has 0 N–H and O–H groups in total. The van der Waals surface area contributed by atoms with Gasteiger partial charge < -0.3 is 37.9 Å². The van der Waals surface area contributed by atoms with Crippen LogP contribution in [-0.2, 0) is 18.9 Å². The topological polar surface area (TPSA) is 108 Å². The highest BCUT2D eigenvalue weighted by molar-refractivity contribution is 5.92. The second kappa shape index (κ2) is 14.5. The molecule has 10 heteroatoms. The Morgan fingerprint density at radius 1 is 0.565 bits per heavy atom. The normalized spacial score (nSPS) is 20.0. The van der Waals surface area contributed by atoms with E-state index in [-0.39, 0.29) is 32.9 Å². The molecule has 2 fully saturated rings. The largest absolute Gasteiger partial charge is 0.468 e. The number of benzene rings is 4. The quantitative estimate of drug-likeness (QED) is 0.111. The van der Waals surface area contributed by atoms with Gasteiger partial charge in [-0.15, -0.1) is 0 Å². The van der Waals surface area contributed by atoms with Gasteiger partial charge >= 0.3 is 11.9 Å². The van der Waals surface area contributed by atoms with Gasteiger partial charge in [0.2, 0.25) is 6.79 Å². The first-order valence-electron chi connectivity index (χ1n) is 14.9. The van der Waals surface area contributed by atoms with Crippen molar-refractivity contribution in [3.05, 3.63) is 119 Å². The zero-order valence-corrected chi connectivity index (χ0v) is 25.5. The first-order chi connectivity index (χ1) is 22.4. The van der Waals surface area contributed by atoms with Crippen molar-refractivity contribution >= 4 is 11.9 Å². The number of hydrogen-bond acceptors (Lipinski definition) is 10. The van der Waals surface area contributed by atoms with Crippen LogP contribution in [0.4, 0.5) is 0 Å². The summed E-state index contributed by atoms with van der Waals surface area (Å²) >= 11 is 0. The van der Waals surface area contributed by atoms with Gasteiger partial charge in [0.25, 0.3) is 0 Å². The van der Waals surface area contributed by atoms with Crippen molar-refractivity contribution in [1.29, 1.82) is 0 Å². The standard InChI is InChI=1S/C36H34O10/c1-23-3-7-25(8-4-23)35(37)45-30-13-9-26(10-14-30)36(38)46-32-20-40-33-31(19-39-34(32)33)44-22-43-29-17-15-28(16-18-29)42-21-41-27-11-5-24(2)6-12-27/h3-18,31-34H,19-22H2,1-2H3/t31-,32+,33+,34+/m0/s1. The molecule has 0 aromatic heterocycles. The number of carbonyl (C=O) groups is 2. The Morgan fingerprint density at radius 3 is 1.61 bits per heavy atom. The van der Waals surface area contributed by atoms with Crippen molar-refractivity contribution in [2.75, 3.05) is 26.8 Å². The second-order valence-electron chi connectivity index (χ2n) is 11.0. The van der Waals surface area contributed by atoms with Gasteiger partial charge in [0.05, 0.1) is 24.3 Å². The fourth-order valence-electron chi connectivity index (χ4n) is 5.01. The molecule has 6 rings (SSSR count). The van der Waals surface area contributed by atoms with Crippen LogP contribution in [0, 0.1) is 13.8 Å². The molecule has 0 radical (unpaired) electrons. The van der Waals surface area contributed by atoms with Gasteiger partial charge in [-0.3, -0.25) is 0 Å². The molecule has 2 heterocycles. The average Bonchev–Trinajstić information content (AvgIpc) is 3.66. The van der Waals surface area contributed by atoms with Crippen molar-refractivity contribution in [2.24, 2.45) is 0 Å². The Hall–Kier alpha value is -4.90. The summed E-state index contributed by atoms with van der Waals surface area (Å²) in [4.78, 5) is 25.2. The monoisotopic (exact) mass is 626 g/mol. The Labute approximate surface area is 266 Å². The van der Waals surface area contributed by atoms with Crippen molar-refractivity contribution < 1.29 is 47.5 Å². The van der Waals surface area contributed by atoms with E-state index in [0.29, 0.717) is 28.4 Å². The Morgan fingerprint density at radius 2 is 1.00 bits per heavy atom. The average molecular weight is 627 g/mol. The molecule has 10 nitrogen and oxygen atoms in total. The molecule has 2 aliphatic heterocycles. The number of aryl methyl sites for hydroxylation is 2. The number of ether oxygens (including phenoxy) is 8. The molecular formula is C36H34O10. The van der Waals surface area contributed by atoms with Crippen LogP contribution in [0.25, 0.3) is 0 Å². The number of rotatable bonds is 12. The van der Waals surface area contributed by atoms with Crippen LogP contribution in [0.15, 0.2) is 97.1 Å². The minimum atomic E-state index is -0.589. The smallest absolute Gasteiger partial charge is 0.343 e. The molecule has 46 heavy (non-hydrogen) atoms. The van der Waals surface area contributed by atoms with Crippen molar-refractivity contribution in [3.63, 3.8) is 0 Å². The lowest BCUT2D eigenvalue weighted by molar-refractivity contribution is -0.0839. The summed E-state index contributed by atoms with van der Waals surface area (Å²) < 4.78 is 45.7. The fourth-order valence-corrected chi connectivity index (χ4v) is 5.01. The summed E-state index contributed by atoms with van der Waals surface area (Å²) in [6.07, 6.45) is -1.82. The summed E-state index contributed by atoms with van der Waals surface area (Å²) in [5.74, 6) is 1.30. The number of esters is 2. The molecule has 0 spiro atoms. The number of hydrogen-bond donors (Lipinski definition) is 0. The van der Waals surface area contributed by atoms with E-state index in [1.54, 1.807) is 60.7 Å². The van der Waals surface area contributed by atoms with Crippen molar-refractivity contribution in [3.8, 4) is 23.0 Å². The zero-order valence-electron chi connectivity index (χ0n) is 25.5. The highest BCUT2D eigenvalue weighted by Crippen LogP contribution is 2.31. The third-order valence-corrected chi connectivity index (χ3v) is 7.61. The maximum atomic E-state index is 12.8. The predicted molar refractivity (Wildman–Crippen MR) is 165 cm³/mol. The molecule has 0 saturated carbocycles. The van der Waals surface area contributed by atoms with Crippen LogP contribution < -0.4 is 18.9 Å². The maximum Gasteiger partial charge on any atom is 0.343 e. The second-order valence-corrected chi connectivity index (χ2v) is 11.0. The molecule has 0 amide bonds. The molecule has 0 aliphatic carbocycles. The minimum absolute atomic E-state index is 0.0113. The molecular weight excluding hydrogens is 592 g/mol. The Kier molecular flexibility index (Phi) is 9.78. The van der Waals surface area contributed by atoms with Crippen LogP contribution in [0.3, 0.4) is 0 Å². The van der Waals surface area contributed by atoms with Gasteiger partial charge in [-0.05, 0) is 86.6 Å². The SMILES string of the molecule is Cc1ccc(OCOc2ccc(OCO[C@H]3CO[C@H]4[C@@H]3OC[C@H]4OC(=O)c3ccc(OC(=O)c4ccc(C)cc4)cc3)cc2)cc1. The van der Waals surface area contributed by atoms with Gasteiger partial charge in [0.1, 0.15) is 41.3 Å². The fraction of sp³-hybridized carbons (Fsp3) is 0.278. The van der Waals surface area contributed by atoms with E-state index >= 15 is 0 Å². The molecule has 2 saturated heterocycles. The third-order valence-electron chi connectivity index (χ3n) is 7.61. The van der Waals surface area contributed by atoms with Gasteiger partial charge in [0.15, 0.2) is 12.9 Å². The van der Waals surface area contributed by atoms with Crippen LogP contribution in [-0.4, -0.2) is 63.2 Å². The number of carbonyl (C=O) groups excluding carboxylic acids is 2.